The van der Waals surface area contributed by atoms with E-state index in [1.165, 1.54) is 49.7 Å². The Morgan fingerprint density at radius 3 is 2.47 bits per heavy atom. The van der Waals surface area contributed by atoms with Crippen LogP contribution in [0.4, 0.5) is 0 Å². The molecule has 0 unspecified atom stereocenters. The molecule has 1 saturated heterocycles. The number of ether oxygens (including phenoxy) is 2. The van der Waals surface area contributed by atoms with Crippen LogP contribution < -0.4 is 5.43 Å². The molecule has 0 aromatic heterocycles. The molecule has 1 N–H and O–H groups in total. The van der Waals surface area contributed by atoms with Gasteiger partial charge in [0.05, 0.1) is 19.8 Å². The van der Waals surface area contributed by atoms with Gasteiger partial charge in [0.25, 0.3) is 0 Å². The zero-order valence-electron chi connectivity index (χ0n) is 20.0. The highest BCUT2D eigenvalue weighted by atomic mass is 16.5. The summed E-state index contributed by atoms with van der Waals surface area (Å²) in [4.78, 5) is 0. The molecule has 1 aliphatic heterocycles. The van der Waals surface area contributed by atoms with Gasteiger partial charge in [-0.1, -0.05) is 93.3 Å². The molecule has 2 aromatic carbocycles. The summed E-state index contributed by atoms with van der Waals surface area (Å²) in [6, 6.07) is 22.2. The third-order valence-electron chi connectivity index (χ3n) is 6.56. The van der Waals surface area contributed by atoms with Crippen molar-refractivity contribution in [2.24, 2.45) is 0 Å². The molecule has 0 saturated carbocycles. The van der Waals surface area contributed by atoms with Gasteiger partial charge in [-0.15, -0.1) is 0 Å². The van der Waals surface area contributed by atoms with Crippen LogP contribution in [-0.4, -0.2) is 44.0 Å². The molecule has 0 aliphatic carbocycles. The van der Waals surface area contributed by atoms with Crippen LogP contribution >= 0.6 is 0 Å². The van der Waals surface area contributed by atoms with Gasteiger partial charge in [0, 0.05) is 31.7 Å². The molecule has 0 radical (unpaired) electrons. The zero-order valence-corrected chi connectivity index (χ0v) is 20.0. The van der Waals surface area contributed by atoms with E-state index in [4.69, 9.17) is 9.47 Å². The second kappa shape index (κ2) is 14.4. The summed E-state index contributed by atoms with van der Waals surface area (Å²) in [5, 5.41) is 2.45. The summed E-state index contributed by atoms with van der Waals surface area (Å²) in [5.41, 5.74) is 6.53. The number of nitrogens with zero attached hydrogens (tertiary/aromatic N) is 1. The minimum absolute atomic E-state index is 0.310. The Balaban J connectivity index is 1.72. The van der Waals surface area contributed by atoms with Crippen molar-refractivity contribution in [2.75, 3.05) is 26.9 Å². The SMILES string of the molecule is CCCCCC[C@@H](NN1CCC[C@H]1COC)[C@H](COCc1ccccc1)c1ccccc1. The average molecular weight is 439 g/mol. The van der Waals surface area contributed by atoms with Gasteiger partial charge in [-0.3, -0.25) is 5.43 Å². The van der Waals surface area contributed by atoms with Crippen molar-refractivity contribution in [3.05, 3.63) is 71.8 Å². The molecular formula is C28H42N2O2. The third-order valence-corrected chi connectivity index (χ3v) is 6.56. The third kappa shape index (κ3) is 8.00. The van der Waals surface area contributed by atoms with Crippen molar-refractivity contribution < 1.29 is 9.47 Å². The second-order valence-electron chi connectivity index (χ2n) is 9.05. The largest absolute Gasteiger partial charge is 0.383 e. The summed E-state index contributed by atoms with van der Waals surface area (Å²) in [5.74, 6) is 0.310. The summed E-state index contributed by atoms with van der Waals surface area (Å²) in [6.45, 7) is 5.53. The molecule has 3 rings (SSSR count). The van der Waals surface area contributed by atoms with Crippen molar-refractivity contribution in [1.82, 2.24) is 10.4 Å². The fraction of sp³-hybridized carbons (Fsp3) is 0.571. The van der Waals surface area contributed by atoms with E-state index in [-0.39, 0.29) is 0 Å². The van der Waals surface area contributed by atoms with Crippen LogP contribution in [0.1, 0.15) is 68.9 Å². The molecule has 1 aliphatic rings. The van der Waals surface area contributed by atoms with Gasteiger partial charge in [-0.05, 0) is 30.4 Å². The summed E-state index contributed by atoms with van der Waals surface area (Å²) >= 11 is 0. The van der Waals surface area contributed by atoms with Crippen LogP contribution in [0.25, 0.3) is 0 Å². The normalized spacial score (nSPS) is 18.6. The van der Waals surface area contributed by atoms with Gasteiger partial charge < -0.3 is 9.47 Å². The first-order valence-corrected chi connectivity index (χ1v) is 12.5. The Bertz CT molecular complexity index is 725. The Hall–Kier alpha value is -1.72. The molecule has 0 amide bonds. The van der Waals surface area contributed by atoms with Crippen LogP contribution in [-0.2, 0) is 16.1 Å². The summed E-state index contributed by atoms with van der Waals surface area (Å²) < 4.78 is 11.8. The lowest BCUT2D eigenvalue weighted by Gasteiger charge is -2.35. The molecule has 32 heavy (non-hydrogen) atoms. The van der Waals surface area contributed by atoms with Crippen LogP contribution in [0, 0.1) is 0 Å². The van der Waals surface area contributed by atoms with Crippen molar-refractivity contribution in [3.63, 3.8) is 0 Å². The predicted molar refractivity (Wildman–Crippen MR) is 133 cm³/mol. The maximum absolute atomic E-state index is 6.30. The van der Waals surface area contributed by atoms with Gasteiger partial charge in [-0.2, -0.15) is 0 Å². The van der Waals surface area contributed by atoms with Gasteiger partial charge in [0.1, 0.15) is 0 Å². The van der Waals surface area contributed by atoms with Gasteiger partial charge in [-0.25, -0.2) is 5.01 Å². The first kappa shape index (κ1) is 24.9. The maximum Gasteiger partial charge on any atom is 0.0717 e. The molecular weight excluding hydrogens is 396 g/mol. The summed E-state index contributed by atoms with van der Waals surface area (Å²) in [7, 11) is 1.81. The van der Waals surface area contributed by atoms with E-state index >= 15 is 0 Å². The van der Waals surface area contributed by atoms with Crippen LogP contribution in [0.2, 0.25) is 0 Å². The lowest BCUT2D eigenvalue weighted by molar-refractivity contribution is 0.0456. The van der Waals surface area contributed by atoms with E-state index in [1.807, 2.05) is 7.11 Å². The molecule has 1 fully saturated rings. The number of benzene rings is 2. The van der Waals surface area contributed by atoms with Crippen LogP contribution in [0.3, 0.4) is 0 Å². The van der Waals surface area contributed by atoms with Crippen molar-refractivity contribution >= 4 is 0 Å². The summed E-state index contributed by atoms with van der Waals surface area (Å²) in [6.07, 6.45) is 8.70. The van der Waals surface area contributed by atoms with Crippen molar-refractivity contribution in [2.45, 2.75) is 76.5 Å². The van der Waals surface area contributed by atoms with Crippen LogP contribution in [0.15, 0.2) is 60.7 Å². The highest BCUT2D eigenvalue weighted by molar-refractivity contribution is 5.22. The van der Waals surface area contributed by atoms with E-state index in [1.54, 1.807) is 0 Å². The van der Waals surface area contributed by atoms with Crippen LogP contribution in [0.5, 0.6) is 0 Å². The average Bonchev–Trinajstić information content (AvgIpc) is 3.27. The lowest BCUT2D eigenvalue weighted by Crippen LogP contribution is -2.51. The Morgan fingerprint density at radius 2 is 1.75 bits per heavy atom. The first-order chi connectivity index (χ1) is 15.8. The minimum atomic E-state index is 0.310. The number of hydrogen-bond donors (Lipinski definition) is 1. The quantitative estimate of drug-likeness (QED) is 0.349. The number of nitrogens with one attached hydrogen (secondary N) is 1. The second-order valence-corrected chi connectivity index (χ2v) is 9.05. The van der Waals surface area contributed by atoms with Gasteiger partial charge in [0.15, 0.2) is 0 Å². The number of hydrogen-bond acceptors (Lipinski definition) is 4. The van der Waals surface area contributed by atoms with Gasteiger partial charge >= 0.3 is 0 Å². The van der Waals surface area contributed by atoms with E-state index in [2.05, 4.69) is 78.0 Å². The molecule has 176 valence electrons. The fourth-order valence-electron chi connectivity index (χ4n) is 4.75. The monoisotopic (exact) mass is 438 g/mol. The van der Waals surface area contributed by atoms with E-state index < -0.39 is 0 Å². The Morgan fingerprint density at radius 1 is 1.00 bits per heavy atom. The maximum atomic E-state index is 6.30. The Kier molecular flexibility index (Phi) is 11.2. The fourth-order valence-corrected chi connectivity index (χ4v) is 4.75. The standard InChI is InChI=1S/C28H42N2O2/c1-3-4-5-12-19-28(29-30-20-13-18-26(30)22-31-2)27(25-16-10-7-11-17-25)23-32-21-24-14-8-6-9-15-24/h6-11,14-17,26-29H,3-5,12-13,18-23H2,1-2H3/t26-,27+,28+/m0/s1. The molecule has 3 atom stereocenters. The molecule has 0 spiro atoms. The molecule has 4 heteroatoms. The molecule has 1 heterocycles. The lowest BCUT2D eigenvalue weighted by atomic mass is 9.89. The van der Waals surface area contributed by atoms with Crippen molar-refractivity contribution in [1.29, 1.82) is 0 Å². The van der Waals surface area contributed by atoms with E-state index in [0.29, 0.717) is 31.2 Å². The number of unbranched alkanes of at least 4 members (excludes halogenated alkanes) is 3. The first-order valence-electron chi connectivity index (χ1n) is 12.5. The highest BCUT2D eigenvalue weighted by Gasteiger charge is 2.30. The van der Waals surface area contributed by atoms with E-state index in [0.717, 1.165) is 19.6 Å². The molecule has 2 aromatic rings. The van der Waals surface area contributed by atoms with Gasteiger partial charge in [0.2, 0.25) is 0 Å². The molecule has 4 nitrogen and oxygen atoms in total. The molecule has 0 bridgehead atoms. The van der Waals surface area contributed by atoms with E-state index in [9.17, 15) is 0 Å². The zero-order chi connectivity index (χ0) is 22.4. The highest BCUT2D eigenvalue weighted by Crippen LogP contribution is 2.27. The minimum Gasteiger partial charge on any atom is -0.383 e. The number of methoxy groups -OCH3 is 1. The number of hydrazine groups is 1. The predicted octanol–water partition coefficient (Wildman–Crippen LogP) is 5.94. The smallest absolute Gasteiger partial charge is 0.0717 e. The number of rotatable bonds is 15. The van der Waals surface area contributed by atoms with Crippen molar-refractivity contribution in [3.8, 4) is 0 Å². The Labute approximate surface area is 195 Å². The topological polar surface area (TPSA) is 33.7 Å².